The van der Waals surface area contributed by atoms with E-state index in [1.54, 1.807) is 0 Å². The zero-order chi connectivity index (χ0) is 44.0. The Bertz CT molecular complexity index is 4280. The summed E-state index contributed by atoms with van der Waals surface area (Å²) in [6, 6.07) is 80.4. The molecule has 0 radical (unpaired) electrons. The molecular formula is C61H37N5S. The molecule has 0 atom stereocenters. The van der Waals surface area contributed by atoms with Crippen LogP contribution in [0.25, 0.3) is 131 Å². The number of rotatable bonds is 6. The van der Waals surface area contributed by atoms with Crippen LogP contribution in [0.4, 0.5) is 0 Å². The van der Waals surface area contributed by atoms with Crippen LogP contribution in [0.5, 0.6) is 0 Å². The molecule has 312 valence electrons. The van der Waals surface area contributed by atoms with Gasteiger partial charge in [0.15, 0.2) is 17.5 Å². The molecule has 4 heterocycles. The van der Waals surface area contributed by atoms with Crippen molar-refractivity contribution in [3.8, 4) is 56.7 Å². The number of hydrogen-bond donors (Lipinski definition) is 0. The Morgan fingerprint density at radius 1 is 0.299 bits per heavy atom. The zero-order valence-electron chi connectivity index (χ0n) is 36.0. The maximum absolute atomic E-state index is 5.46. The van der Waals surface area contributed by atoms with Crippen LogP contribution in [0.2, 0.25) is 0 Å². The maximum atomic E-state index is 5.46. The second-order valence-corrected chi connectivity index (χ2v) is 18.3. The van der Waals surface area contributed by atoms with Gasteiger partial charge in [0, 0.05) is 69.8 Å². The summed E-state index contributed by atoms with van der Waals surface area (Å²) in [6.45, 7) is 0. The topological polar surface area (TPSA) is 48.5 Å². The molecule has 0 aliphatic rings. The molecule has 0 saturated carbocycles. The zero-order valence-corrected chi connectivity index (χ0v) is 36.8. The van der Waals surface area contributed by atoms with Gasteiger partial charge in [-0.25, -0.2) is 15.0 Å². The first-order valence-electron chi connectivity index (χ1n) is 22.6. The molecule has 0 saturated heterocycles. The van der Waals surface area contributed by atoms with Crippen molar-refractivity contribution >= 4 is 85.9 Å². The van der Waals surface area contributed by atoms with Crippen molar-refractivity contribution in [2.75, 3.05) is 0 Å². The van der Waals surface area contributed by atoms with E-state index in [1.165, 1.54) is 47.1 Å². The summed E-state index contributed by atoms with van der Waals surface area (Å²) in [7, 11) is 0. The van der Waals surface area contributed by atoms with E-state index in [4.69, 9.17) is 15.0 Å². The van der Waals surface area contributed by atoms with Crippen molar-refractivity contribution in [3.05, 3.63) is 224 Å². The number of benzene rings is 10. The molecule has 14 aromatic rings. The number of aromatic nitrogens is 5. The van der Waals surface area contributed by atoms with Crippen LogP contribution in [0.1, 0.15) is 0 Å². The molecule has 4 aromatic heterocycles. The van der Waals surface area contributed by atoms with Gasteiger partial charge in [0.1, 0.15) is 0 Å². The molecule has 5 nitrogen and oxygen atoms in total. The maximum Gasteiger partial charge on any atom is 0.164 e. The lowest BCUT2D eigenvalue weighted by molar-refractivity contribution is 1.07. The Balaban J connectivity index is 1.04. The first-order valence-corrected chi connectivity index (χ1v) is 23.4. The van der Waals surface area contributed by atoms with Crippen molar-refractivity contribution in [1.29, 1.82) is 0 Å². The molecule has 0 N–H and O–H groups in total. The molecule has 0 amide bonds. The van der Waals surface area contributed by atoms with Crippen molar-refractivity contribution in [2.45, 2.75) is 0 Å². The minimum Gasteiger partial charge on any atom is -0.309 e. The van der Waals surface area contributed by atoms with Crippen LogP contribution < -0.4 is 0 Å². The highest BCUT2D eigenvalue weighted by Crippen LogP contribution is 2.45. The van der Waals surface area contributed by atoms with E-state index in [2.05, 4.69) is 215 Å². The number of nitrogens with zero attached hydrogens (tertiary/aromatic N) is 5. The molecule has 10 aromatic carbocycles. The standard InChI is InChI=1S/C61H37N5S/c1-3-16-38(17-4-1)59-62-60(41-30-33-54-50(35-41)44-22-9-12-26-52(44)65(54)42-20-5-2-6-21-42)64-61(63-59)47-32-31-43(37-49(47)46-25-15-29-57-58(46)48-24-11-14-28-56(48)67-57)66-53-27-13-10-23-45(53)51-34-39-18-7-8-19-40(39)36-55(51)66/h1-37H. The van der Waals surface area contributed by atoms with Gasteiger partial charge in [0.25, 0.3) is 0 Å². The van der Waals surface area contributed by atoms with Gasteiger partial charge < -0.3 is 9.13 Å². The van der Waals surface area contributed by atoms with Gasteiger partial charge in [-0.1, -0.05) is 140 Å². The van der Waals surface area contributed by atoms with Crippen LogP contribution in [0, 0.1) is 0 Å². The molecule has 0 aliphatic heterocycles. The average molecular weight is 872 g/mol. The lowest BCUT2D eigenvalue weighted by Crippen LogP contribution is -2.02. The highest BCUT2D eigenvalue weighted by Gasteiger charge is 2.22. The summed E-state index contributed by atoms with van der Waals surface area (Å²) >= 11 is 1.83. The fraction of sp³-hybridized carbons (Fsp3) is 0. The summed E-state index contributed by atoms with van der Waals surface area (Å²) in [6.07, 6.45) is 0. The Kier molecular flexibility index (Phi) is 8.38. The molecule has 67 heavy (non-hydrogen) atoms. The van der Waals surface area contributed by atoms with E-state index in [1.807, 2.05) is 29.5 Å². The largest absolute Gasteiger partial charge is 0.309 e. The third-order valence-electron chi connectivity index (χ3n) is 13.3. The van der Waals surface area contributed by atoms with Crippen LogP contribution in [-0.4, -0.2) is 24.1 Å². The fourth-order valence-electron chi connectivity index (χ4n) is 10.3. The lowest BCUT2D eigenvalue weighted by Gasteiger charge is -2.16. The summed E-state index contributed by atoms with van der Waals surface area (Å²) in [5, 5.41) is 9.66. The quantitative estimate of drug-likeness (QED) is 0.167. The van der Waals surface area contributed by atoms with Gasteiger partial charge >= 0.3 is 0 Å². The van der Waals surface area contributed by atoms with E-state index >= 15 is 0 Å². The monoisotopic (exact) mass is 871 g/mol. The molecule has 6 heteroatoms. The normalized spacial score (nSPS) is 11.9. The number of para-hydroxylation sites is 3. The smallest absolute Gasteiger partial charge is 0.164 e. The van der Waals surface area contributed by atoms with E-state index in [9.17, 15) is 0 Å². The molecule has 14 rings (SSSR count). The molecule has 0 aliphatic carbocycles. The summed E-state index contributed by atoms with van der Waals surface area (Å²) in [4.78, 5) is 16.1. The predicted octanol–water partition coefficient (Wildman–Crippen LogP) is 16.3. The highest BCUT2D eigenvalue weighted by molar-refractivity contribution is 7.25. The van der Waals surface area contributed by atoms with Crippen LogP contribution in [0.3, 0.4) is 0 Å². The first-order chi connectivity index (χ1) is 33.2. The third kappa shape index (κ3) is 5.97. The van der Waals surface area contributed by atoms with E-state index < -0.39 is 0 Å². The predicted molar refractivity (Wildman–Crippen MR) is 281 cm³/mol. The van der Waals surface area contributed by atoms with Gasteiger partial charge in [-0.3, -0.25) is 0 Å². The average Bonchev–Trinajstić information content (AvgIpc) is 4.05. The number of hydrogen-bond acceptors (Lipinski definition) is 4. The van der Waals surface area contributed by atoms with Crippen LogP contribution in [0.15, 0.2) is 224 Å². The van der Waals surface area contributed by atoms with E-state index in [0.29, 0.717) is 17.5 Å². The minimum atomic E-state index is 0.613. The van der Waals surface area contributed by atoms with E-state index in [-0.39, 0.29) is 0 Å². The van der Waals surface area contributed by atoms with Gasteiger partial charge in [0.2, 0.25) is 0 Å². The summed E-state index contributed by atoms with van der Waals surface area (Å²) in [5.74, 6) is 1.85. The summed E-state index contributed by atoms with van der Waals surface area (Å²) < 4.78 is 7.26. The Labute approximate surface area is 389 Å². The molecule has 0 unspecified atom stereocenters. The van der Waals surface area contributed by atoms with Gasteiger partial charge in [-0.2, -0.15) is 0 Å². The molecular weight excluding hydrogens is 835 g/mol. The summed E-state index contributed by atoms with van der Waals surface area (Å²) in [5.41, 5.74) is 11.7. The van der Waals surface area contributed by atoms with Crippen molar-refractivity contribution < 1.29 is 0 Å². The van der Waals surface area contributed by atoms with E-state index in [0.717, 1.165) is 66.6 Å². The minimum absolute atomic E-state index is 0.613. The highest BCUT2D eigenvalue weighted by atomic mass is 32.1. The number of thiophene rings is 1. The Morgan fingerprint density at radius 2 is 0.881 bits per heavy atom. The first kappa shape index (κ1) is 37.6. The number of fused-ring (bicyclic) bond motifs is 10. The van der Waals surface area contributed by atoms with Gasteiger partial charge in [-0.15, -0.1) is 11.3 Å². The fourth-order valence-corrected chi connectivity index (χ4v) is 11.5. The van der Waals surface area contributed by atoms with Crippen molar-refractivity contribution in [1.82, 2.24) is 24.1 Å². The molecule has 0 spiro atoms. The van der Waals surface area contributed by atoms with Crippen LogP contribution in [-0.2, 0) is 0 Å². The van der Waals surface area contributed by atoms with Crippen molar-refractivity contribution in [2.24, 2.45) is 0 Å². The lowest BCUT2D eigenvalue weighted by atomic mass is 9.94. The second-order valence-electron chi connectivity index (χ2n) is 17.2. The van der Waals surface area contributed by atoms with Gasteiger partial charge in [-0.05, 0) is 107 Å². The van der Waals surface area contributed by atoms with Gasteiger partial charge in [0.05, 0.1) is 22.1 Å². The third-order valence-corrected chi connectivity index (χ3v) is 14.5. The Morgan fingerprint density at radius 3 is 1.66 bits per heavy atom. The second kappa shape index (κ2) is 14.9. The Hall–Kier alpha value is -8.71. The SMILES string of the molecule is c1ccc(-c2nc(-c3ccc4c(c3)c3ccccc3n4-c3ccccc3)nc(-c3ccc(-n4c5ccccc5c5cc6ccccc6cc54)cc3-c3cccc4sc5ccccc5c34)n2)cc1. The molecule has 0 bridgehead atoms. The van der Waals surface area contributed by atoms with Crippen LogP contribution >= 0.6 is 11.3 Å². The molecule has 0 fully saturated rings. The van der Waals surface area contributed by atoms with Crippen molar-refractivity contribution in [3.63, 3.8) is 0 Å².